The van der Waals surface area contributed by atoms with E-state index in [1.165, 1.54) is 17.0 Å². The molecule has 1 N–H and O–H groups in total. The Morgan fingerprint density at radius 1 is 1.45 bits per heavy atom. The smallest absolute Gasteiger partial charge is 0.253 e. The van der Waals surface area contributed by atoms with E-state index in [2.05, 4.69) is 26.4 Å². The van der Waals surface area contributed by atoms with Gasteiger partial charge in [0.2, 0.25) is 5.91 Å². The van der Waals surface area contributed by atoms with E-state index in [9.17, 15) is 9.59 Å². The molecule has 0 aromatic carbocycles. The Labute approximate surface area is 128 Å². The van der Waals surface area contributed by atoms with Crippen LogP contribution in [0.5, 0.6) is 0 Å². The Kier molecular flexibility index (Phi) is 5.04. The highest BCUT2D eigenvalue weighted by Gasteiger charge is 2.39. The van der Waals surface area contributed by atoms with Gasteiger partial charge in [0.05, 0.1) is 6.33 Å². The highest BCUT2D eigenvalue weighted by molar-refractivity contribution is 5.75. The monoisotopic (exact) mass is 301 g/mol. The Hall–Kier alpha value is -2.49. The summed E-state index contributed by atoms with van der Waals surface area (Å²) in [6.07, 6.45) is 8.93. The third-order valence-corrected chi connectivity index (χ3v) is 3.50. The summed E-state index contributed by atoms with van der Waals surface area (Å²) in [5, 5.41) is 10.8. The van der Waals surface area contributed by atoms with Crippen molar-refractivity contribution in [2.75, 3.05) is 6.54 Å². The van der Waals surface area contributed by atoms with Gasteiger partial charge in [0.15, 0.2) is 5.66 Å². The molecule has 0 saturated carbocycles. The van der Waals surface area contributed by atoms with Gasteiger partial charge in [-0.15, -0.1) is 12.3 Å². The average Bonchev–Trinajstić information content (AvgIpc) is 3.26. The Morgan fingerprint density at radius 3 is 2.86 bits per heavy atom. The number of amides is 1. The van der Waals surface area contributed by atoms with Crippen molar-refractivity contribution in [1.82, 2.24) is 14.9 Å². The number of aromatic nitrogens is 2. The van der Waals surface area contributed by atoms with Crippen LogP contribution in [0.1, 0.15) is 31.4 Å². The van der Waals surface area contributed by atoms with Gasteiger partial charge < -0.3 is 5.32 Å². The van der Waals surface area contributed by atoms with Gasteiger partial charge in [-0.25, -0.2) is 4.98 Å². The van der Waals surface area contributed by atoms with Crippen LogP contribution in [0.25, 0.3) is 0 Å². The number of hydrogen-bond acceptors (Lipinski definition) is 5. The van der Waals surface area contributed by atoms with Crippen molar-refractivity contribution in [3.63, 3.8) is 0 Å². The van der Waals surface area contributed by atoms with E-state index in [0.717, 1.165) is 0 Å². The van der Waals surface area contributed by atoms with E-state index in [0.29, 0.717) is 44.5 Å². The Balaban J connectivity index is 1.68. The topological polar surface area (TPSA) is 88.7 Å². The van der Waals surface area contributed by atoms with Crippen molar-refractivity contribution in [2.24, 2.45) is 10.2 Å². The van der Waals surface area contributed by atoms with E-state index >= 15 is 0 Å². The number of carbonyl (C=O) groups excluding carboxylic acids is 1. The van der Waals surface area contributed by atoms with E-state index in [-0.39, 0.29) is 11.5 Å². The maximum Gasteiger partial charge on any atom is 0.253 e. The standard InChI is InChI=1S/C15H19N5O2/c1-3-4-6-15(18-19-15)7-5-13(21)16-8-9-20-11-17-12(2)10-14(20)22/h1,10-11H,4-9H2,2H3,(H,16,21). The lowest BCUT2D eigenvalue weighted by Crippen LogP contribution is -2.31. The summed E-state index contributed by atoms with van der Waals surface area (Å²) in [4.78, 5) is 27.5. The second-order valence-corrected chi connectivity index (χ2v) is 5.30. The Morgan fingerprint density at radius 2 is 2.23 bits per heavy atom. The van der Waals surface area contributed by atoms with Gasteiger partial charge in [0.1, 0.15) is 0 Å². The second-order valence-electron chi connectivity index (χ2n) is 5.30. The van der Waals surface area contributed by atoms with Crippen LogP contribution in [-0.4, -0.2) is 27.7 Å². The number of aryl methyl sites for hydroxylation is 1. The summed E-state index contributed by atoms with van der Waals surface area (Å²) in [5.74, 6) is 2.48. The third kappa shape index (κ3) is 4.52. The van der Waals surface area contributed by atoms with Crippen LogP contribution in [-0.2, 0) is 11.3 Å². The third-order valence-electron chi connectivity index (χ3n) is 3.50. The van der Waals surface area contributed by atoms with E-state index < -0.39 is 5.66 Å². The molecule has 0 bridgehead atoms. The minimum Gasteiger partial charge on any atom is -0.354 e. The van der Waals surface area contributed by atoms with Gasteiger partial charge in [-0.3, -0.25) is 14.2 Å². The number of nitrogens with one attached hydrogen (secondary N) is 1. The normalized spacial score (nSPS) is 14.4. The van der Waals surface area contributed by atoms with Gasteiger partial charge in [-0.05, 0) is 6.92 Å². The van der Waals surface area contributed by atoms with Gasteiger partial charge >= 0.3 is 0 Å². The number of terminal acetylenes is 1. The Bertz CT molecular complexity index is 665. The molecule has 0 atom stereocenters. The molecule has 0 radical (unpaired) electrons. The maximum atomic E-state index is 11.8. The highest BCUT2D eigenvalue weighted by atomic mass is 16.1. The summed E-state index contributed by atoms with van der Waals surface area (Å²) in [6.45, 7) is 2.54. The fraction of sp³-hybridized carbons (Fsp3) is 0.533. The van der Waals surface area contributed by atoms with Crippen molar-refractivity contribution in [3.05, 3.63) is 28.4 Å². The molecular formula is C15H19N5O2. The summed E-state index contributed by atoms with van der Waals surface area (Å²) in [6, 6.07) is 1.47. The van der Waals surface area contributed by atoms with Crippen LogP contribution in [0, 0.1) is 19.3 Å². The second kappa shape index (κ2) is 6.98. The van der Waals surface area contributed by atoms with E-state index in [1.807, 2.05) is 0 Å². The first-order valence-corrected chi connectivity index (χ1v) is 7.22. The van der Waals surface area contributed by atoms with E-state index in [4.69, 9.17) is 6.42 Å². The first-order valence-electron chi connectivity index (χ1n) is 7.22. The maximum absolute atomic E-state index is 11.8. The number of carbonyl (C=O) groups is 1. The summed E-state index contributed by atoms with van der Waals surface area (Å²) < 4.78 is 1.47. The molecule has 1 aromatic heterocycles. The minimum absolute atomic E-state index is 0.0782. The highest BCUT2D eigenvalue weighted by Crippen LogP contribution is 2.37. The lowest BCUT2D eigenvalue weighted by molar-refractivity contribution is -0.121. The van der Waals surface area contributed by atoms with Crippen LogP contribution < -0.4 is 10.9 Å². The van der Waals surface area contributed by atoms with E-state index in [1.54, 1.807) is 6.92 Å². The van der Waals surface area contributed by atoms with Crippen molar-refractivity contribution in [1.29, 1.82) is 0 Å². The molecule has 2 rings (SSSR count). The molecule has 0 unspecified atom stereocenters. The quantitative estimate of drug-likeness (QED) is 0.727. The molecule has 2 heterocycles. The fourth-order valence-electron chi connectivity index (χ4n) is 2.07. The van der Waals surface area contributed by atoms with Gasteiger partial charge in [0, 0.05) is 50.5 Å². The summed E-state index contributed by atoms with van der Waals surface area (Å²) >= 11 is 0. The molecule has 1 aliphatic rings. The van der Waals surface area contributed by atoms with Crippen molar-refractivity contribution in [2.45, 2.75) is 44.8 Å². The lowest BCUT2D eigenvalue weighted by atomic mass is 10.0. The van der Waals surface area contributed by atoms with Crippen molar-refractivity contribution >= 4 is 5.91 Å². The lowest BCUT2D eigenvalue weighted by Gasteiger charge is -2.10. The minimum atomic E-state index is -0.429. The van der Waals surface area contributed by atoms with Crippen LogP contribution in [0.4, 0.5) is 0 Å². The SMILES string of the molecule is C#CCCC1(CCC(=O)NCCn2cnc(C)cc2=O)N=N1. The van der Waals surface area contributed by atoms with Crippen LogP contribution in [0.15, 0.2) is 27.4 Å². The molecule has 22 heavy (non-hydrogen) atoms. The molecule has 7 nitrogen and oxygen atoms in total. The van der Waals surface area contributed by atoms with Crippen LogP contribution >= 0.6 is 0 Å². The summed E-state index contributed by atoms with van der Waals surface area (Å²) in [7, 11) is 0. The number of hydrogen-bond donors (Lipinski definition) is 1. The zero-order valence-electron chi connectivity index (χ0n) is 12.6. The fourth-order valence-corrected chi connectivity index (χ4v) is 2.07. The molecule has 0 fully saturated rings. The zero-order valence-corrected chi connectivity index (χ0v) is 12.6. The predicted octanol–water partition coefficient (Wildman–Crippen LogP) is 1.02. The van der Waals surface area contributed by atoms with Crippen molar-refractivity contribution < 1.29 is 4.79 Å². The zero-order chi connectivity index (χ0) is 16.0. The van der Waals surface area contributed by atoms with Crippen LogP contribution in [0.2, 0.25) is 0 Å². The average molecular weight is 301 g/mol. The first kappa shape index (κ1) is 15.9. The van der Waals surface area contributed by atoms with Gasteiger partial charge in [0.25, 0.3) is 5.56 Å². The van der Waals surface area contributed by atoms with Gasteiger partial charge in [-0.2, -0.15) is 10.2 Å². The molecule has 1 aromatic rings. The molecule has 7 heteroatoms. The molecule has 0 saturated heterocycles. The molecule has 1 aliphatic heterocycles. The van der Waals surface area contributed by atoms with Crippen LogP contribution in [0.3, 0.4) is 0 Å². The molecule has 0 spiro atoms. The van der Waals surface area contributed by atoms with Gasteiger partial charge in [-0.1, -0.05) is 0 Å². The number of nitrogens with zero attached hydrogens (tertiary/aromatic N) is 4. The first-order chi connectivity index (χ1) is 10.5. The molecule has 0 aliphatic carbocycles. The summed E-state index contributed by atoms with van der Waals surface area (Å²) in [5.41, 5.74) is 0.131. The largest absolute Gasteiger partial charge is 0.354 e. The predicted molar refractivity (Wildman–Crippen MR) is 81.1 cm³/mol. The molecule has 116 valence electrons. The number of rotatable bonds is 8. The molecule has 1 amide bonds. The molecular weight excluding hydrogens is 282 g/mol. The van der Waals surface area contributed by atoms with Crippen molar-refractivity contribution in [3.8, 4) is 12.3 Å².